The van der Waals surface area contributed by atoms with Crippen molar-refractivity contribution in [3.8, 4) is 0 Å². The Morgan fingerprint density at radius 3 is 1.03 bits per heavy atom. The minimum Gasteiger partial charge on any atom is -0.394 e. The van der Waals surface area contributed by atoms with Crippen molar-refractivity contribution in [3.63, 3.8) is 0 Å². The number of rotatable bonds is 63. The van der Waals surface area contributed by atoms with Crippen molar-refractivity contribution in [2.24, 2.45) is 0 Å². The first-order valence-electron chi connectivity index (χ1n) is 35.4. The molecule has 0 aromatic heterocycles. The Morgan fingerprint density at radius 1 is 0.418 bits per heavy atom. The predicted octanol–water partition coefficient (Wildman–Crippen LogP) is 19.1. The lowest BCUT2D eigenvalue weighted by Gasteiger charge is -2.40. The number of unbranched alkanes of at least 4 members (excludes halogenated alkanes) is 51. The highest BCUT2D eigenvalue weighted by Crippen LogP contribution is 2.24. The number of aliphatic hydroxyl groups is 5. The summed E-state index contributed by atoms with van der Waals surface area (Å²) in [6.07, 6.45) is 70.0. The highest BCUT2D eigenvalue weighted by molar-refractivity contribution is 5.76. The van der Waals surface area contributed by atoms with Gasteiger partial charge in [-0.25, -0.2) is 0 Å². The normalized spacial score (nSPS) is 18.5. The maximum atomic E-state index is 13.1. The third-order valence-corrected chi connectivity index (χ3v) is 17.4. The number of allylic oxidation sites excluding steroid dienone is 2. The molecule has 7 unspecified atom stereocenters. The van der Waals surface area contributed by atoms with Crippen LogP contribution in [0.5, 0.6) is 0 Å². The van der Waals surface area contributed by atoms with E-state index >= 15 is 0 Å². The summed E-state index contributed by atoms with van der Waals surface area (Å²) < 4.78 is 11.4. The van der Waals surface area contributed by atoms with Crippen molar-refractivity contribution >= 4 is 5.91 Å². The molecule has 0 aliphatic carbocycles. The van der Waals surface area contributed by atoms with E-state index in [2.05, 4.69) is 31.3 Å². The van der Waals surface area contributed by atoms with Gasteiger partial charge < -0.3 is 40.3 Å². The van der Waals surface area contributed by atoms with Gasteiger partial charge >= 0.3 is 0 Å². The van der Waals surface area contributed by atoms with Gasteiger partial charge in [0, 0.05) is 6.42 Å². The number of amides is 1. The van der Waals surface area contributed by atoms with Crippen molar-refractivity contribution in [2.45, 2.75) is 416 Å². The predicted molar refractivity (Wildman–Crippen MR) is 337 cm³/mol. The summed E-state index contributed by atoms with van der Waals surface area (Å²) in [7, 11) is 0. The molecule has 1 aliphatic rings. The van der Waals surface area contributed by atoms with Crippen molar-refractivity contribution in [2.75, 3.05) is 13.2 Å². The Balaban J connectivity index is 2.10. The van der Waals surface area contributed by atoms with Crippen LogP contribution < -0.4 is 5.32 Å². The van der Waals surface area contributed by atoms with E-state index in [1.54, 1.807) is 0 Å². The number of carbonyl (C=O) groups is 1. The maximum absolute atomic E-state index is 13.1. The first-order chi connectivity index (χ1) is 38.8. The van der Waals surface area contributed by atoms with Crippen molar-refractivity contribution < 1.29 is 39.8 Å². The lowest BCUT2D eigenvalue weighted by atomic mass is 9.99. The zero-order valence-corrected chi connectivity index (χ0v) is 52.7. The average Bonchev–Trinajstić information content (AvgIpc) is 3.47. The van der Waals surface area contributed by atoms with Crippen LogP contribution in [0, 0.1) is 0 Å². The van der Waals surface area contributed by atoms with Gasteiger partial charge in [-0.1, -0.05) is 341 Å². The van der Waals surface area contributed by atoms with E-state index < -0.39 is 49.5 Å². The molecule has 470 valence electrons. The number of carbonyl (C=O) groups excluding carboxylic acids is 1. The quantitative estimate of drug-likeness (QED) is 0.0261. The molecule has 0 bridgehead atoms. The van der Waals surface area contributed by atoms with Gasteiger partial charge in [0.05, 0.1) is 25.4 Å². The lowest BCUT2D eigenvalue weighted by molar-refractivity contribution is -0.302. The fraction of sp³-hybridized carbons (Fsp3) is 0.957. The van der Waals surface area contributed by atoms with E-state index in [1.807, 2.05) is 0 Å². The van der Waals surface area contributed by atoms with Crippen molar-refractivity contribution in [1.82, 2.24) is 5.32 Å². The van der Waals surface area contributed by atoms with Crippen LogP contribution >= 0.6 is 0 Å². The van der Waals surface area contributed by atoms with E-state index in [1.165, 1.54) is 308 Å². The van der Waals surface area contributed by atoms with E-state index in [0.29, 0.717) is 12.8 Å². The molecule has 0 radical (unpaired) electrons. The molecule has 0 spiro atoms. The molecular weight excluding hydrogens is 983 g/mol. The molecule has 0 aromatic carbocycles. The summed E-state index contributed by atoms with van der Waals surface area (Å²) in [6, 6.07) is -0.717. The second-order valence-electron chi connectivity index (χ2n) is 25.0. The molecule has 1 aliphatic heterocycles. The van der Waals surface area contributed by atoms with Crippen LogP contribution in [0.2, 0.25) is 0 Å². The van der Waals surface area contributed by atoms with E-state index in [-0.39, 0.29) is 12.5 Å². The Labute approximate surface area is 490 Å². The van der Waals surface area contributed by atoms with Gasteiger partial charge in [0.1, 0.15) is 24.4 Å². The molecule has 1 heterocycles. The summed E-state index contributed by atoms with van der Waals surface area (Å²) in [6.45, 7) is 3.90. The number of hydrogen-bond donors (Lipinski definition) is 6. The summed E-state index contributed by atoms with van der Waals surface area (Å²) in [4.78, 5) is 13.1. The monoisotopic (exact) mass is 1120 g/mol. The summed E-state index contributed by atoms with van der Waals surface area (Å²) in [5, 5.41) is 55.0. The molecule has 1 saturated heterocycles. The van der Waals surface area contributed by atoms with Crippen LogP contribution in [0.3, 0.4) is 0 Å². The Bertz CT molecular complexity index is 1250. The molecule has 0 aromatic rings. The highest BCUT2D eigenvalue weighted by atomic mass is 16.7. The smallest absolute Gasteiger partial charge is 0.220 e. The van der Waals surface area contributed by atoms with Gasteiger partial charge in [0.25, 0.3) is 0 Å². The SMILES string of the molecule is CCCCCCCCCC/C=C\CCCCCCCCCCCCCCCCCC(=O)NC(COC1OC(CO)C(O)C(O)C1O)C(O)CCCCCCCCCCCCCCCCCCCCCCCCCCCCCCC. The number of nitrogens with one attached hydrogen (secondary N) is 1. The summed E-state index contributed by atoms with van der Waals surface area (Å²) >= 11 is 0. The minimum atomic E-state index is -1.55. The second kappa shape index (κ2) is 60.1. The van der Waals surface area contributed by atoms with E-state index in [0.717, 1.165) is 38.5 Å². The molecule has 7 atom stereocenters. The molecule has 79 heavy (non-hydrogen) atoms. The van der Waals surface area contributed by atoms with Crippen LogP contribution in [-0.2, 0) is 14.3 Å². The molecule has 9 nitrogen and oxygen atoms in total. The molecule has 0 saturated carbocycles. The van der Waals surface area contributed by atoms with E-state index in [4.69, 9.17) is 9.47 Å². The first-order valence-corrected chi connectivity index (χ1v) is 35.4. The minimum absolute atomic E-state index is 0.132. The fourth-order valence-electron chi connectivity index (χ4n) is 11.8. The molecular formula is C70H137NO8. The topological polar surface area (TPSA) is 149 Å². The zero-order chi connectivity index (χ0) is 57.2. The Kier molecular flexibility index (Phi) is 57.7. The first kappa shape index (κ1) is 75.9. The van der Waals surface area contributed by atoms with Crippen LogP contribution in [0.4, 0.5) is 0 Å². The average molecular weight is 1120 g/mol. The highest BCUT2D eigenvalue weighted by Gasteiger charge is 2.44. The third-order valence-electron chi connectivity index (χ3n) is 17.4. The number of hydrogen-bond acceptors (Lipinski definition) is 8. The number of ether oxygens (including phenoxy) is 2. The van der Waals surface area contributed by atoms with Gasteiger partial charge in [-0.15, -0.1) is 0 Å². The summed E-state index contributed by atoms with van der Waals surface area (Å²) in [5.74, 6) is -0.135. The summed E-state index contributed by atoms with van der Waals surface area (Å²) in [5.41, 5.74) is 0. The maximum Gasteiger partial charge on any atom is 0.220 e. The van der Waals surface area contributed by atoms with Crippen LogP contribution in [0.25, 0.3) is 0 Å². The van der Waals surface area contributed by atoms with Gasteiger partial charge in [0.2, 0.25) is 5.91 Å². The van der Waals surface area contributed by atoms with Gasteiger partial charge in [-0.05, 0) is 38.5 Å². The van der Waals surface area contributed by atoms with Gasteiger partial charge in [0.15, 0.2) is 6.29 Å². The van der Waals surface area contributed by atoms with Crippen LogP contribution in [0.15, 0.2) is 12.2 Å². The molecule has 1 amide bonds. The Morgan fingerprint density at radius 2 is 0.709 bits per heavy atom. The molecule has 9 heteroatoms. The lowest BCUT2D eigenvalue weighted by Crippen LogP contribution is -2.60. The van der Waals surface area contributed by atoms with Gasteiger partial charge in [-0.2, -0.15) is 0 Å². The largest absolute Gasteiger partial charge is 0.394 e. The standard InChI is InChI=1S/C70H137NO8/c1-3-5-7-9-11-13-15-17-19-21-23-25-27-29-31-32-34-35-37-39-41-43-45-47-49-51-53-55-57-59-64(73)63(62-78-70-69(77)68(76)67(75)65(61-72)79-70)71-66(74)60-58-56-54-52-50-48-46-44-42-40-38-36-33-30-28-26-24-22-20-18-16-14-12-10-8-6-4-2/h22,24,63-65,67-70,72-73,75-77H,3-21,23,25-62H2,1-2H3,(H,71,74)/b24-22-. The van der Waals surface area contributed by atoms with Crippen molar-refractivity contribution in [3.05, 3.63) is 12.2 Å². The third kappa shape index (κ3) is 49.0. The van der Waals surface area contributed by atoms with Crippen LogP contribution in [-0.4, -0.2) is 87.5 Å². The van der Waals surface area contributed by atoms with Crippen LogP contribution in [0.1, 0.15) is 373 Å². The fourth-order valence-corrected chi connectivity index (χ4v) is 11.8. The number of aliphatic hydroxyl groups excluding tert-OH is 5. The molecule has 1 rings (SSSR count). The Hall–Kier alpha value is -1.07. The van der Waals surface area contributed by atoms with Crippen molar-refractivity contribution in [1.29, 1.82) is 0 Å². The molecule has 1 fully saturated rings. The molecule has 6 N–H and O–H groups in total. The second-order valence-corrected chi connectivity index (χ2v) is 25.0. The zero-order valence-electron chi connectivity index (χ0n) is 52.7. The van der Waals surface area contributed by atoms with E-state index in [9.17, 15) is 30.3 Å². The van der Waals surface area contributed by atoms with Gasteiger partial charge in [-0.3, -0.25) is 4.79 Å².